The van der Waals surface area contributed by atoms with Gasteiger partial charge in [0.2, 0.25) is 0 Å². The molecule has 2 rings (SSSR count). The van der Waals surface area contributed by atoms with Gasteiger partial charge in [0, 0.05) is 50.8 Å². The number of aryl methyl sites for hydroxylation is 1. The van der Waals surface area contributed by atoms with Crippen LogP contribution in [0.2, 0.25) is 0 Å². The Balaban J connectivity index is 1.89. The van der Waals surface area contributed by atoms with Gasteiger partial charge in [0.15, 0.2) is 0 Å². The van der Waals surface area contributed by atoms with Crippen molar-refractivity contribution < 1.29 is 0 Å². The molecule has 0 amide bonds. The fraction of sp³-hybridized carbons (Fsp3) is 0.643. The largest absolute Gasteiger partial charge is 0.369 e. The molecule has 1 aliphatic rings. The number of anilines is 1. The molecule has 0 aliphatic carbocycles. The molecule has 4 nitrogen and oxygen atoms in total. The zero-order valence-corrected chi connectivity index (χ0v) is 11.5. The fourth-order valence-corrected chi connectivity index (χ4v) is 2.51. The van der Waals surface area contributed by atoms with E-state index >= 15 is 0 Å². The van der Waals surface area contributed by atoms with Crippen LogP contribution in [0.15, 0.2) is 18.5 Å². The summed E-state index contributed by atoms with van der Waals surface area (Å²) < 4.78 is 0. The number of rotatable bonds is 4. The molecule has 2 N–H and O–H groups in total. The van der Waals surface area contributed by atoms with Gasteiger partial charge in [0.1, 0.15) is 0 Å². The number of nitrogens with zero attached hydrogens (tertiary/aromatic N) is 3. The molecule has 18 heavy (non-hydrogen) atoms. The average molecular weight is 248 g/mol. The van der Waals surface area contributed by atoms with E-state index in [0.29, 0.717) is 5.92 Å². The lowest BCUT2D eigenvalue weighted by atomic mass is 10.1. The minimum absolute atomic E-state index is 0.596. The highest BCUT2D eigenvalue weighted by atomic mass is 15.3. The van der Waals surface area contributed by atoms with E-state index in [1.165, 1.54) is 11.3 Å². The van der Waals surface area contributed by atoms with Crippen LogP contribution in [0, 0.1) is 12.8 Å². The van der Waals surface area contributed by atoms with E-state index in [-0.39, 0.29) is 0 Å². The molecule has 1 saturated heterocycles. The van der Waals surface area contributed by atoms with Gasteiger partial charge in [-0.3, -0.25) is 9.88 Å². The van der Waals surface area contributed by atoms with Crippen molar-refractivity contribution in [1.82, 2.24) is 9.88 Å². The summed E-state index contributed by atoms with van der Waals surface area (Å²) in [4.78, 5) is 9.13. The summed E-state index contributed by atoms with van der Waals surface area (Å²) in [6.45, 7) is 10.7. The Kier molecular flexibility index (Phi) is 4.55. The molecule has 0 bridgehead atoms. The van der Waals surface area contributed by atoms with Gasteiger partial charge in [-0.15, -0.1) is 0 Å². The summed E-state index contributed by atoms with van der Waals surface area (Å²) in [7, 11) is 0. The summed E-state index contributed by atoms with van der Waals surface area (Å²) in [5, 5.41) is 0. The van der Waals surface area contributed by atoms with Crippen LogP contribution in [0.25, 0.3) is 0 Å². The molecule has 1 aromatic heterocycles. The van der Waals surface area contributed by atoms with Crippen LogP contribution >= 0.6 is 0 Å². The highest BCUT2D eigenvalue weighted by Crippen LogP contribution is 2.19. The molecule has 2 heterocycles. The minimum atomic E-state index is 0.596. The Morgan fingerprint density at radius 3 is 2.67 bits per heavy atom. The van der Waals surface area contributed by atoms with E-state index in [0.717, 1.165) is 39.3 Å². The third-order valence-corrected chi connectivity index (χ3v) is 3.68. The first kappa shape index (κ1) is 13.3. The van der Waals surface area contributed by atoms with E-state index in [1.54, 1.807) is 0 Å². The van der Waals surface area contributed by atoms with Gasteiger partial charge in [-0.05, 0) is 31.0 Å². The Labute approximate surface area is 110 Å². The van der Waals surface area contributed by atoms with Crippen LogP contribution in [0.1, 0.15) is 12.5 Å². The van der Waals surface area contributed by atoms with Crippen molar-refractivity contribution in [2.45, 2.75) is 13.8 Å². The van der Waals surface area contributed by atoms with E-state index in [9.17, 15) is 0 Å². The van der Waals surface area contributed by atoms with Crippen LogP contribution < -0.4 is 10.6 Å². The molecule has 4 heteroatoms. The third-order valence-electron chi connectivity index (χ3n) is 3.68. The second-order valence-electron chi connectivity index (χ2n) is 5.29. The lowest BCUT2D eigenvalue weighted by Gasteiger charge is -2.37. The lowest BCUT2D eigenvalue weighted by Crippen LogP contribution is -2.48. The molecule has 1 atom stereocenters. The second-order valence-corrected chi connectivity index (χ2v) is 5.29. The monoisotopic (exact) mass is 248 g/mol. The van der Waals surface area contributed by atoms with Crippen molar-refractivity contribution >= 4 is 5.69 Å². The summed E-state index contributed by atoms with van der Waals surface area (Å²) in [6, 6.07) is 2.12. The first-order chi connectivity index (χ1) is 8.70. The molecular weight excluding hydrogens is 224 g/mol. The first-order valence-corrected chi connectivity index (χ1v) is 6.78. The zero-order chi connectivity index (χ0) is 13.0. The molecule has 0 saturated carbocycles. The van der Waals surface area contributed by atoms with Gasteiger partial charge in [0.25, 0.3) is 0 Å². The molecule has 100 valence electrons. The molecular formula is C14H24N4. The fourth-order valence-electron chi connectivity index (χ4n) is 2.51. The summed E-state index contributed by atoms with van der Waals surface area (Å²) in [5.74, 6) is 0.596. The Morgan fingerprint density at radius 1 is 1.33 bits per heavy atom. The Morgan fingerprint density at radius 2 is 2.06 bits per heavy atom. The average Bonchev–Trinajstić information content (AvgIpc) is 2.40. The molecule has 0 radical (unpaired) electrons. The van der Waals surface area contributed by atoms with E-state index in [4.69, 9.17) is 5.73 Å². The van der Waals surface area contributed by atoms with Crippen LogP contribution in [0.4, 0.5) is 5.69 Å². The van der Waals surface area contributed by atoms with Crippen LogP contribution in [0.3, 0.4) is 0 Å². The topological polar surface area (TPSA) is 45.4 Å². The predicted molar refractivity (Wildman–Crippen MR) is 75.8 cm³/mol. The molecule has 1 aliphatic heterocycles. The van der Waals surface area contributed by atoms with E-state index in [2.05, 4.69) is 34.7 Å². The minimum Gasteiger partial charge on any atom is -0.369 e. The van der Waals surface area contributed by atoms with Crippen molar-refractivity contribution in [3.8, 4) is 0 Å². The van der Waals surface area contributed by atoms with Crippen molar-refractivity contribution in [2.24, 2.45) is 11.7 Å². The summed E-state index contributed by atoms with van der Waals surface area (Å²) in [6.07, 6.45) is 3.82. The van der Waals surface area contributed by atoms with Gasteiger partial charge < -0.3 is 10.6 Å². The summed E-state index contributed by atoms with van der Waals surface area (Å²) >= 11 is 0. The molecule has 1 aromatic rings. The standard InChI is InChI=1S/C14H24N4/c1-12(9-15)11-17-5-7-18(8-6-17)14-3-4-16-10-13(14)2/h3-4,10,12H,5-9,11,15H2,1-2H3. The van der Waals surface area contributed by atoms with Crippen LogP contribution in [0.5, 0.6) is 0 Å². The smallest absolute Gasteiger partial charge is 0.0427 e. The van der Waals surface area contributed by atoms with Gasteiger partial charge in [-0.2, -0.15) is 0 Å². The highest BCUT2D eigenvalue weighted by molar-refractivity contribution is 5.51. The number of hydrogen-bond donors (Lipinski definition) is 1. The van der Waals surface area contributed by atoms with Crippen molar-refractivity contribution in [1.29, 1.82) is 0 Å². The number of hydrogen-bond acceptors (Lipinski definition) is 4. The van der Waals surface area contributed by atoms with Gasteiger partial charge in [-0.25, -0.2) is 0 Å². The van der Waals surface area contributed by atoms with Gasteiger partial charge in [0.05, 0.1) is 0 Å². The Bertz CT molecular complexity index is 372. The number of pyridine rings is 1. The number of nitrogens with two attached hydrogens (primary N) is 1. The maximum atomic E-state index is 5.68. The predicted octanol–water partition coefficient (Wildman–Crippen LogP) is 1.11. The van der Waals surface area contributed by atoms with Crippen molar-refractivity contribution in [2.75, 3.05) is 44.2 Å². The first-order valence-electron chi connectivity index (χ1n) is 6.78. The molecule has 1 fully saturated rings. The molecule has 0 spiro atoms. The van der Waals surface area contributed by atoms with E-state index < -0.39 is 0 Å². The normalized spacial score (nSPS) is 18.9. The lowest BCUT2D eigenvalue weighted by molar-refractivity contribution is 0.227. The highest BCUT2D eigenvalue weighted by Gasteiger charge is 2.19. The maximum absolute atomic E-state index is 5.68. The Hall–Kier alpha value is -1.13. The SMILES string of the molecule is Cc1cnccc1N1CCN(CC(C)CN)CC1. The quantitative estimate of drug-likeness (QED) is 0.867. The zero-order valence-electron chi connectivity index (χ0n) is 11.5. The van der Waals surface area contributed by atoms with Gasteiger partial charge in [-0.1, -0.05) is 6.92 Å². The maximum Gasteiger partial charge on any atom is 0.0427 e. The molecule has 0 aromatic carbocycles. The second kappa shape index (κ2) is 6.16. The van der Waals surface area contributed by atoms with Gasteiger partial charge >= 0.3 is 0 Å². The third kappa shape index (κ3) is 3.21. The number of aromatic nitrogens is 1. The van der Waals surface area contributed by atoms with Crippen molar-refractivity contribution in [3.63, 3.8) is 0 Å². The van der Waals surface area contributed by atoms with Crippen LogP contribution in [-0.2, 0) is 0 Å². The molecule has 1 unspecified atom stereocenters. The van der Waals surface area contributed by atoms with Crippen LogP contribution in [-0.4, -0.2) is 49.2 Å². The van der Waals surface area contributed by atoms with Crippen molar-refractivity contribution in [3.05, 3.63) is 24.0 Å². The number of piperazine rings is 1. The summed E-state index contributed by atoms with van der Waals surface area (Å²) in [5.41, 5.74) is 8.28. The van der Waals surface area contributed by atoms with E-state index in [1.807, 2.05) is 12.4 Å².